The van der Waals surface area contributed by atoms with Crippen LogP contribution in [0.2, 0.25) is 0 Å². The van der Waals surface area contributed by atoms with Gasteiger partial charge in [-0.1, -0.05) is 60.7 Å². The molecule has 1 atom stereocenters. The number of ether oxygens (including phenoxy) is 1. The Morgan fingerprint density at radius 2 is 1.67 bits per heavy atom. The SMILES string of the molecule is O=C(O)[C@H]1COC2(CCN(Cc3ccccc3)CC2)N1C(=O)/C=C\c1ccccc1. The van der Waals surface area contributed by atoms with Crippen molar-refractivity contribution in [1.82, 2.24) is 9.80 Å². The number of hydrogen-bond acceptors (Lipinski definition) is 4. The second kappa shape index (κ2) is 8.81. The molecule has 1 N–H and O–H groups in total. The fourth-order valence-corrected chi connectivity index (χ4v) is 4.30. The first-order chi connectivity index (χ1) is 14.6. The van der Waals surface area contributed by atoms with Crippen LogP contribution < -0.4 is 0 Å². The Labute approximate surface area is 176 Å². The number of hydrogen-bond donors (Lipinski definition) is 1. The molecule has 2 fully saturated rings. The summed E-state index contributed by atoms with van der Waals surface area (Å²) in [6, 6.07) is 18.8. The van der Waals surface area contributed by atoms with Gasteiger partial charge in [-0.2, -0.15) is 0 Å². The fourth-order valence-electron chi connectivity index (χ4n) is 4.30. The van der Waals surface area contributed by atoms with Crippen LogP contribution in [0.25, 0.3) is 6.08 Å². The average Bonchev–Trinajstić information content (AvgIpc) is 3.14. The zero-order valence-corrected chi connectivity index (χ0v) is 16.8. The number of amides is 1. The Morgan fingerprint density at radius 1 is 1.03 bits per heavy atom. The van der Waals surface area contributed by atoms with Crippen molar-refractivity contribution >= 4 is 18.0 Å². The number of likely N-dealkylation sites (tertiary alicyclic amines) is 1. The first-order valence-electron chi connectivity index (χ1n) is 10.3. The predicted molar refractivity (Wildman–Crippen MR) is 113 cm³/mol. The van der Waals surface area contributed by atoms with E-state index in [-0.39, 0.29) is 12.5 Å². The number of carboxylic acids is 1. The van der Waals surface area contributed by atoms with Gasteiger partial charge in [0.25, 0.3) is 0 Å². The van der Waals surface area contributed by atoms with Crippen LogP contribution in [0, 0.1) is 0 Å². The van der Waals surface area contributed by atoms with Crippen molar-refractivity contribution in [2.75, 3.05) is 19.7 Å². The summed E-state index contributed by atoms with van der Waals surface area (Å²) >= 11 is 0. The predicted octanol–water partition coefficient (Wildman–Crippen LogP) is 3.00. The molecule has 0 radical (unpaired) electrons. The van der Waals surface area contributed by atoms with Gasteiger partial charge >= 0.3 is 5.97 Å². The van der Waals surface area contributed by atoms with Gasteiger partial charge in [-0.05, 0) is 17.2 Å². The van der Waals surface area contributed by atoms with Gasteiger partial charge in [-0.3, -0.25) is 14.6 Å². The summed E-state index contributed by atoms with van der Waals surface area (Å²) < 4.78 is 6.00. The summed E-state index contributed by atoms with van der Waals surface area (Å²) in [5, 5.41) is 9.67. The Morgan fingerprint density at radius 3 is 2.30 bits per heavy atom. The van der Waals surface area contributed by atoms with E-state index in [9.17, 15) is 14.7 Å². The van der Waals surface area contributed by atoms with Crippen LogP contribution in [-0.4, -0.2) is 58.2 Å². The lowest BCUT2D eigenvalue weighted by Crippen LogP contribution is -2.57. The quantitative estimate of drug-likeness (QED) is 0.773. The number of carboxylic acid groups (broad SMARTS) is 1. The van der Waals surface area contributed by atoms with E-state index in [4.69, 9.17) is 4.74 Å². The Hall–Kier alpha value is -2.96. The van der Waals surface area contributed by atoms with Crippen LogP contribution in [0.15, 0.2) is 66.7 Å². The van der Waals surface area contributed by atoms with E-state index in [1.807, 2.05) is 48.5 Å². The standard InChI is InChI=1S/C24H26N2O4/c27-22(12-11-19-7-3-1-4-8-19)26-21(23(28)29)18-30-24(26)13-15-25(16-14-24)17-20-9-5-2-6-10-20/h1-12,21H,13-18H2,(H,28,29)/b12-11-/t21-/m1/s1. The lowest BCUT2D eigenvalue weighted by atomic mass is 9.97. The Bertz CT molecular complexity index is 905. The maximum atomic E-state index is 13.1. The molecule has 156 valence electrons. The average molecular weight is 406 g/mol. The molecule has 0 unspecified atom stereocenters. The summed E-state index contributed by atoms with van der Waals surface area (Å²) in [6.07, 6.45) is 4.36. The molecule has 2 aliphatic heterocycles. The molecule has 0 aliphatic carbocycles. The summed E-state index contributed by atoms with van der Waals surface area (Å²) in [7, 11) is 0. The molecule has 0 saturated carbocycles. The maximum absolute atomic E-state index is 13.1. The second-order valence-corrected chi connectivity index (χ2v) is 7.83. The van der Waals surface area contributed by atoms with Crippen molar-refractivity contribution in [3.05, 3.63) is 77.9 Å². The molecule has 2 aromatic carbocycles. The molecule has 30 heavy (non-hydrogen) atoms. The van der Waals surface area contributed by atoms with Gasteiger partial charge in [-0.25, -0.2) is 4.79 Å². The van der Waals surface area contributed by atoms with Gasteiger partial charge in [0, 0.05) is 38.6 Å². The monoisotopic (exact) mass is 406 g/mol. The molecule has 0 aromatic heterocycles. The highest BCUT2D eigenvalue weighted by molar-refractivity contribution is 5.95. The molecule has 0 bridgehead atoms. The van der Waals surface area contributed by atoms with Crippen LogP contribution in [0.1, 0.15) is 24.0 Å². The van der Waals surface area contributed by atoms with Gasteiger partial charge in [-0.15, -0.1) is 0 Å². The van der Waals surface area contributed by atoms with Crippen molar-refractivity contribution in [3.63, 3.8) is 0 Å². The molecule has 4 rings (SSSR count). The highest BCUT2D eigenvalue weighted by Gasteiger charge is 2.53. The van der Waals surface area contributed by atoms with E-state index in [1.165, 1.54) is 16.5 Å². The van der Waals surface area contributed by atoms with E-state index in [0.29, 0.717) is 12.8 Å². The zero-order chi connectivity index (χ0) is 21.0. The number of carbonyl (C=O) groups is 2. The summed E-state index contributed by atoms with van der Waals surface area (Å²) in [5.41, 5.74) is 1.28. The minimum atomic E-state index is -1.03. The molecule has 2 heterocycles. The largest absolute Gasteiger partial charge is 0.480 e. The Kier molecular flexibility index (Phi) is 5.97. The first kappa shape index (κ1) is 20.3. The van der Waals surface area contributed by atoms with Crippen LogP contribution in [0.3, 0.4) is 0 Å². The molecule has 1 amide bonds. The van der Waals surface area contributed by atoms with Gasteiger partial charge < -0.3 is 9.84 Å². The van der Waals surface area contributed by atoms with Crippen molar-refractivity contribution in [1.29, 1.82) is 0 Å². The molecule has 2 aliphatic rings. The minimum Gasteiger partial charge on any atom is -0.480 e. The number of piperidine rings is 1. The van der Waals surface area contributed by atoms with Gasteiger partial charge in [0.1, 0.15) is 5.72 Å². The lowest BCUT2D eigenvalue weighted by Gasteiger charge is -2.44. The van der Waals surface area contributed by atoms with E-state index in [2.05, 4.69) is 17.0 Å². The summed E-state index contributed by atoms with van der Waals surface area (Å²) in [5.74, 6) is -1.35. The third kappa shape index (κ3) is 4.30. The van der Waals surface area contributed by atoms with Crippen LogP contribution >= 0.6 is 0 Å². The van der Waals surface area contributed by atoms with E-state index >= 15 is 0 Å². The molecule has 2 aromatic rings. The number of carbonyl (C=O) groups excluding carboxylic acids is 1. The van der Waals surface area contributed by atoms with Gasteiger partial charge in [0.15, 0.2) is 6.04 Å². The Balaban J connectivity index is 1.48. The highest BCUT2D eigenvalue weighted by Crippen LogP contribution is 2.38. The first-order valence-corrected chi connectivity index (χ1v) is 10.3. The molecule has 6 heteroatoms. The van der Waals surface area contributed by atoms with Gasteiger partial charge in [0.2, 0.25) is 5.91 Å². The van der Waals surface area contributed by atoms with E-state index in [0.717, 1.165) is 25.2 Å². The van der Waals surface area contributed by atoms with E-state index < -0.39 is 17.7 Å². The molecule has 2 saturated heterocycles. The molecular formula is C24H26N2O4. The second-order valence-electron chi connectivity index (χ2n) is 7.83. The third-order valence-electron chi connectivity index (χ3n) is 5.89. The minimum absolute atomic E-state index is 0.0267. The summed E-state index contributed by atoms with van der Waals surface area (Å²) in [6.45, 7) is 2.35. The zero-order valence-electron chi connectivity index (χ0n) is 16.8. The van der Waals surface area contributed by atoms with Crippen molar-refractivity contribution in [3.8, 4) is 0 Å². The maximum Gasteiger partial charge on any atom is 0.328 e. The van der Waals surface area contributed by atoms with Crippen LogP contribution in [0.4, 0.5) is 0 Å². The number of nitrogens with zero attached hydrogens (tertiary/aromatic N) is 2. The van der Waals surface area contributed by atoms with E-state index in [1.54, 1.807) is 6.08 Å². The van der Waals surface area contributed by atoms with Crippen molar-refractivity contribution in [2.45, 2.75) is 31.2 Å². The highest BCUT2D eigenvalue weighted by atomic mass is 16.5. The van der Waals surface area contributed by atoms with Gasteiger partial charge in [0.05, 0.1) is 6.61 Å². The number of aliphatic carboxylic acids is 1. The topological polar surface area (TPSA) is 70.1 Å². The number of rotatable bonds is 5. The van der Waals surface area contributed by atoms with Crippen molar-refractivity contribution < 1.29 is 19.4 Å². The van der Waals surface area contributed by atoms with Crippen LogP contribution in [0.5, 0.6) is 0 Å². The molecule has 6 nitrogen and oxygen atoms in total. The molecule has 1 spiro atoms. The molecular weight excluding hydrogens is 380 g/mol. The smallest absolute Gasteiger partial charge is 0.328 e. The summed E-state index contributed by atoms with van der Waals surface area (Å²) in [4.78, 5) is 28.6. The van der Waals surface area contributed by atoms with Crippen LogP contribution in [-0.2, 0) is 20.9 Å². The fraction of sp³-hybridized carbons (Fsp3) is 0.333. The third-order valence-corrected chi connectivity index (χ3v) is 5.89. The van der Waals surface area contributed by atoms with Crippen molar-refractivity contribution in [2.24, 2.45) is 0 Å². The lowest BCUT2D eigenvalue weighted by molar-refractivity contribution is -0.162. The number of benzene rings is 2. The normalized spacial score (nSPS) is 21.3.